The monoisotopic (exact) mass is 412 g/mol. The number of nitrogens with zero attached hydrogens (tertiary/aromatic N) is 3. The second kappa shape index (κ2) is 8.47. The summed E-state index contributed by atoms with van der Waals surface area (Å²) in [5.41, 5.74) is 0.366. The number of hydrogen-bond acceptors (Lipinski definition) is 8. The molecule has 3 rings (SSSR count). The lowest BCUT2D eigenvalue weighted by Crippen LogP contribution is -2.28. The molecule has 0 spiro atoms. The van der Waals surface area contributed by atoms with Gasteiger partial charge in [0.25, 0.3) is 0 Å². The van der Waals surface area contributed by atoms with Crippen molar-refractivity contribution in [2.45, 2.75) is 29.8 Å². The number of Topliss-reactive ketones (excluding diaryl/α,β-unsaturated/α-hetero) is 1. The van der Waals surface area contributed by atoms with Crippen molar-refractivity contribution in [2.75, 3.05) is 30.7 Å². The lowest BCUT2D eigenvalue weighted by atomic mass is 10.1. The van der Waals surface area contributed by atoms with Crippen LogP contribution in [0, 0.1) is 0 Å². The second-order valence-corrected chi connectivity index (χ2v) is 9.65. The molecule has 0 radical (unpaired) electrons. The van der Waals surface area contributed by atoms with Gasteiger partial charge in [-0.15, -0.1) is 0 Å². The van der Waals surface area contributed by atoms with Gasteiger partial charge in [-0.2, -0.15) is 13.7 Å². The first-order chi connectivity index (χ1) is 12.5. The van der Waals surface area contributed by atoms with Gasteiger partial charge in [-0.25, -0.2) is 8.42 Å². The summed E-state index contributed by atoms with van der Waals surface area (Å²) in [4.78, 5) is 16.9. The van der Waals surface area contributed by atoms with Gasteiger partial charge in [0.2, 0.25) is 20.3 Å². The van der Waals surface area contributed by atoms with Crippen molar-refractivity contribution in [2.24, 2.45) is 0 Å². The first-order valence-corrected chi connectivity index (χ1v) is 11.5. The molecule has 0 aliphatic carbocycles. The summed E-state index contributed by atoms with van der Waals surface area (Å²) >= 11 is 2.74. The summed E-state index contributed by atoms with van der Waals surface area (Å²) in [5, 5.41) is 4.22. The predicted molar refractivity (Wildman–Crippen MR) is 104 cm³/mol. The van der Waals surface area contributed by atoms with E-state index >= 15 is 0 Å². The zero-order valence-corrected chi connectivity index (χ0v) is 16.8. The van der Waals surface area contributed by atoms with E-state index in [1.165, 1.54) is 39.7 Å². The van der Waals surface area contributed by atoms with Crippen LogP contribution >= 0.6 is 23.3 Å². The van der Waals surface area contributed by atoms with Crippen LogP contribution in [0.25, 0.3) is 0 Å². The highest BCUT2D eigenvalue weighted by Crippen LogP contribution is 2.22. The smallest absolute Gasteiger partial charge is 0.243 e. The molecule has 1 fully saturated rings. The Labute approximate surface area is 161 Å². The fourth-order valence-electron chi connectivity index (χ4n) is 2.63. The first kappa shape index (κ1) is 19.3. The minimum Gasteiger partial charge on any atom is -0.353 e. The third kappa shape index (κ3) is 4.43. The Morgan fingerprint density at radius 1 is 1.35 bits per heavy atom. The van der Waals surface area contributed by atoms with Crippen molar-refractivity contribution in [1.82, 2.24) is 13.7 Å². The molecule has 10 heteroatoms. The van der Waals surface area contributed by atoms with Crippen LogP contribution in [0.15, 0.2) is 34.3 Å². The van der Waals surface area contributed by atoms with Crippen LogP contribution in [0.3, 0.4) is 0 Å². The van der Waals surface area contributed by atoms with Gasteiger partial charge >= 0.3 is 0 Å². The molecule has 1 aromatic carbocycles. The van der Waals surface area contributed by atoms with Gasteiger partial charge < -0.3 is 5.32 Å². The first-order valence-electron chi connectivity index (χ1n) is 8.34. The average Bonchev–Trinajstić information content (AvgIpc) is 3.32. The Balaban J connectivity index is 1.67. The maximum atomic E-state index is 12.6. The molecule has 0 unspecified atom stereocenters. The summed E-state index contributed by atoms with van der Waals surface area (Å²) < 4.78 is 30.9. The van der Waals surface area contributed by atoms with E-state index in [0.29, 0.717) is 28.9 Å². The lowest BCUT2D eigenvalue weighted by molar-refractivity contribution is 0.101. The largest absolute Gasteiger partial charge is 0.353 e. The molecule has 2 aromatic rings. The Bertz CT molecular complexity index is 876. The quantitative estimate of drug-likeness (QED) is 0.526. The van der Waals surface area contributed by atoms with E-state index < -0.39 is 10.0 Å². The number of benzene rings is 1. The van der Waals surface area contributed by atoms with Gasteiger partial charge in [-0.3, -0.25) is 4.79 Å². The molecule has 26 heavy (non-hydrogen) atoms. The number of rotatable bonds is 8. The minimum atomic E-state index is -3.53. The fraction of sp³-hybridized carbons (Fsp3) is 0.438. The van der Waals surface area contributed by atoms with Crippen LogP contribution in [-0.2, 0) is 10.0 Å². The Morgan fingerprint density at radius 3 is 2.85 bits per heavy atom. The number of ketones is 1. The maximum Gasteiger partial charge on any atom is 0.243 e. The highest BCUT2D eigenvalue weighted by molar-refractivity contribution is 7.99. The zero-order valence-electron chi connectivity index (χ0n) is 14.3. The number of sulfonamides is 1. The van der Waals surface area contributed by atoms with Gasteiger partial charge in [0.15, 0.2) is 5.78 Å². The Morgan fingerprint density at radius 2 is 2.12 bits per heavy atom. The van der Waals surface area contributed by atoms with E-state index in [4.69, 9.17) is 0 Å². The molecule has 2 heterocycles. The second-order valence-electron chi connectivity index (χ2n) is 5.73. The van der Waals surface area contributed by atoms with Crippen molar-refractivity contribution >= 4 is 44.2 Å². The molecular formula is C16H20N4O3S3. The summed E-state index contributed by atoms with van der Waals surface area (Å²) in [6, 6.07) is 6.23. The van der Waals surface area contributed by atoms with Crippen LogP contribution < -0.4 is 5.32 Å². The standard InChI is InChI=1S/C16H20N4O3S3/c1-2-24-16-18-15(25-19-16)17-11-14(21)12-6-5-7-13(10-12)26(22,23)20-8-3-4-9-20/h5-7,10H,2-4,8-9,11H2,1H3,(H,17,18,19). The Kier molecular flexibility index (Phi) is 6.28. The van der Waals surface area contributed by atoms with E-state index in [0.717, 1.165) is 18.6 Å². The fourth-order valence-corrected chi connectivity index (χ4v) is 5.46. The zero-order chi connectivity index (χ0) is 18.6. The van der Waals surface area contributed by atoms with Crippen LogP contribution in [0.5, 0.6) is 0 Å². The number of aromatic nitrogens is 2. The SMILES string of the molecule is CCSc1nsc(NCC(=O)c2cccc(S(=O)(=O)N3CCCC3)c2)n1. The molecule has 1 aliphatic rings. The highest BCUT2D eigenvalue weighted by Gasteiger charge is 2.27. The van der Waals surface area contributed by atoms with Crippen molar-refractivity contribution in [1.29, 1.82) is 0 Å². The molecule has 1 saturated heterocycles. The number of nitrogens with one attached hydrogen (secondary N) is 1. The van der Waals surface area contributed by atoms with Crippen molar-refractivity contribution in [3.63, 3.8) is 0 Å². The highest BCUT2D eigenvalue weighted by atomic mass is 32.2. The molecule has 0 saturated carbocycles. The number of hydrogen-bond donors (Lipinski definition) is 1. The van der Waals surface area contributed by atoms with Gasteiger partial charge in [0, 0.05) is 30.2 Å². The molecule has 0 amide bonds. The summed E-state index contributed by atoms with van der Waals surface area (Å²) in [7, 11) is -3.53. The van der Waals surface area contributed by atoms with Crippen LogP contribution in [0.1, 0.15) is 30.1 Å². The number of anilines is 1. The predicted octanol–water partition coefficient (Wildman–Crippen LogP) is 2.73. The summed E-state index contributed by atoms with van der Waals surface area (Å²) in [6.07, 6.45) is 1.75. The number of carbonyl (C=O) groups excluding carboxylic acids is 1. The van der Waals surface area contributed by atoms with E-state index in [-0.39, 0.29) is 17.2 Å². The summed E-state index contributed by atoms with van der Waals surface area (Å²) in [5.74, 6) is 0.691. The maximum absolute atomic E-state index is 12.6. The molecular weight excluding hydrogens is 392 g/mol. The van der Waals surface area contributed by atoms with E-state index in [2.05, 4.69) is 14.7 Å². The molecule has 0 atom stereocenters. The van der Waals surface area contributed by atoms with Crippen LogP contribution in [0.2, 0.25) is 0 Å². The molecule has 0 bridgehead atoms. The Hall–Kier alpha value is -1.49. The average molecular weight is 413 g/mol. The third-order valence-electron chi connectivity index (χ3n) is 3.94. The van der Waals surface area contributed by atoms with E-state index in [1.54, 1.807) is 12.1 Å². The number of carbonyl (C=O) groups is 1. The molecule has 1 N–H and O–H groups in total. The van der Waals surface area contributed by atoms with Gasteiger partial charge in [0.1, 0.15) is 0 Å². The van der Waals surface area contributed by atoms with Crippen molar-refractivity contribution in [3.05, 3.63) is 29.8 Å². The molecule has 140 valence electrons. The lowest BCUT2D eigenvalue weighted by Gasteiger charge is -2.15. The van der Waals surface area contributed by atoms with Crippen LogP contribution in [-0.4, -0.2) is 53.3 Å². The van der Waals surface area contributed by atoms with Crippen LogP contribution in [0.4, 0.5) is 5.13 Å². The molecule has 7 nitrogen and oxygen atoms in total. The normalized spacial score (nSPS) is 15.3. The summed E-state index contributed by atoms with van der Waals surface area (Å²) in [6.45, 7) is 3.14. The molecule has 1 aromatic heterocycles. The van der Waals surface area contributed by atoms with Crippen molar-refractivity contribution in [3.8, 4) is 0 Å². The topological polar surface area (TPSA) is 92.3 Å². The number of thioether (sulfide) groups is 1. The molecule has 1 aliphatic heterocycles. The van der Waals surface area contributed by atoms with Gasteiger partial charge in [-0.1, -0.05) is 30.8 Å². The van der Waals surface area contributed by atoms with Gasteiger partial charge in [-0.05, 0) is 30.7 Å². The van der Waals surface area contributed by atoms with Crippen molar-refractivity contribution < 1.29 is 13.2 Å². The third-order valence-corrected chi connectivity index (χ3v) is 7.35. The van der Waals surface area contributed by atoms with Gasteiger partial charge in [0.05, 0.1) is 11.4 Å². The van der Waals surface area contributed by atoms with E-state index in [9.17, 15) is 13.2 Å². The van der Waals surface area contributed by atoms with E-state index in [1.807, 2.05) is 6.92 Å². The minimum absolute atomic E-state index is 0.0403.